The largest absolute Gasteiger partial charge is 0.417 e. The van der Waals surface area contributed by atoms with Crippen molar-refractivity contribution in [3.63, 3.8) is 0 Å². The second-order valence-corrected chi connectivity index (χ2v) is 9.39. The molecule has 2 aromatic carbocycles. The Hall–Kier alpha value is -3.26. The van der Waals surface area contributed by atoms with Crippen molar-refractivity contribution < 1.29 is 27.5 Å². The van der Waals surface area contributed by atoms with E-state index in [0.717, 1.165) is 23.4 Å². The highest BCUT2D eigenvalue weighted by Gasteiger charge is 2.41. The number of hydrogen-bond donors (Lipinski definition) is 1. The van der Waals surface area contributed by atoms with Gasteiger partial charge in [-0.1, -0.05) is 36.4 Å². The molecule has 1 aliphatic heterocycles. The number of halogens is 4. The zero-order valence-electron chi connectivity index (χ0n) is 19.9. The average Bonchev–Trinajstić information content (AvgIpc) is 2.87. The Bertz CT molecular complexity index is 1200. The molecule has 0 bridgehead atoms. The molecule has 1 saturated heterocycles. The molecule has 8 heteroatoms. The molecule has 4 rings (SSSR count). The second-order valence-electron chi connectivity index (χ2n) is 9.39. The molecule has 1 fully saturated rings. The molecule has 1 aliphatic rings. The van der Waals surface area contributed by atoms with Crippen LogP contribution in [0.4, 0.5) is 17.6 Å². The molecule has 1 N–H and O–H groups in total. The SMILES string of the molecule is C[C@@H](c1ccc(-c2cncc(C(F)(F)F)c2)cc1)N1CC[C@](CCCO)(c2ccc(F)cc2)CC1=O. The fourth-order valence-corrected chi connectivity index (χ4v) is 5.06. The first kappa shape index (κ1) is 25.8. The number of aromatic nitrogens is 1. The van der Waals surface area contributed by atoms with Gasteiger partial charge in [0.05, 0.1) is 11.6 Å². The highest BCUT2D eigenvalue weighted by atomic mass is 19.4. The predicted molar refractivity (Wildman–Crippen MR) is 128 cm³/mol. The number of nitrogens with zero attached hydrogens (tertiary/aromatic N) is 2. The summed E-state index contributed by atoms with van der Waals surface area (Å²) in [6.07, 6.45) is -0.154. The number of carbonyl (C=O) groups excluding carboxylic acids is 1. The maximum Gasteiger partial charge on any atom is 0.417 e. The number of rotatable bonds is 7. The molecule has 3 aromatic rings. The topological polar surface area (TPSA) is 53.4 Å². The number of hydrogen-bond acceptors (Lipinski definition) is 3. The third kappa shape index (κ3) is 5.43. The van der Waals surface area contributed by atoms with Crippen molar-refractivity contribution in [2.75, 3.05) is 13.2 Å². The summed E-state index contributed by atoms with van der Waals surface area (Å²) in [6.45, 7) is 2.45. The normalized spacial score (nSPS) is 19.4. The van der Waals surface area contributed by atoms with Crippen LogP contribution in [0.25, 0.3) is 11.1 Å². The fourth-order valence-electron chi connectivity index (χ4n) is 5.06. The maximum atomic E-state index is 13.5. The quantitative estimate of drug-likeness (QED) is 0.388. The van der Waals surface area contributed by atoms with Gasteiger partial charge in [0.25, 0.3) is 0 Å². The van der Waals surface area contributed by atoms with Crippen LogP contribution in [0, 0.1) is 5.82 Å². The van der Waals surface area contributed by atoms with E-state index in [1.54, 1.807) is 24.3 Å². The summed E-state index contributed by atoms with van der Waals surface area (Å²) in [4.78, 5) is 18.9. The van der Waals surface area contributed by atoms with E-state index in [4.69, 9.17) is 0 Å². The van der Waals surface area contributed by atoms with Crippen molar-refractivity contribution in [3.05, 3.63) is 89.5 Å². The van der Waals surface area contributed by atoms with Crippen molar-refractivity contribution >= 4 is 5.91 Å². The lowest BCUT2D eigenvalue weighted by Gasteiger charge is -2.44. The molecular formula is C28H28F4N2O2. The first-order valence-electron chi connectivity index (χ1n) is 11.9. The molecule has 0 spiro atoms. The molecule has 2 atom stereocenters. The number of benzene rings is 2. The van der Waals surface area contributed by atoms with Gasteiger partial charge in [0.15, 0.2) is 0 Å². The zero-order chi connectivity index (χ0) is 25.9. The van der Waals surface area contributed by atoms with E-state index in [1.165, 1.54) is 18.3 Å². The van der Waals surface area contributed by atoms with Crippen molar-refractivity contribution in [2.24, 2.45) is 0 Å². The van der Waals surface area contributed by atoms with E-state index in [0.29, 0.717) is 36.9 Å². The van der Waals surface area contributed by atoms with Gasteiger partial charge in [-0.05, 0) is 61.1 Å². The van der Waals surface area contributed by atoms with E-state index in [9.17, 15) is 27.5 Å². The van der Waals surface area contributed by atoms with E-state index >= 15 is 0 Å². The smallest absolute Gasteiger partial charge is 0.396 e. The van der Waals surface area contributed by atoms with Gasteiger partial charge in [0, 0.05) is 42.9 Å². The minimum absolute atomic E-state index is 0.0188. The summed E-state index contributed by atoms with van der Waals surface area (Å²) < 4.78 is 52.6. The highest BCUT2D eigenvalue weighted by molar-refractivity contribution is 5.79. The molecule has 1 aromatic heterocycles. The molecule has 0 saturated carbocycles. The maximum absolute atomic E-state index is 13.5. The fraction of sp³-hybridized carbons (Fsp3) is 0.357. The molecule has 1 amide bonds. The summed E-state index contributed by atoms with van der Waals surface area (Å²) in [5.41, 5.74) is 1.49. The minimum atomic E-state index is -4.47. The number of carbonyl (C=O) groups is 1. The van der Waals surface area contributed by atoms with Crippen LogP contribution in [0.3, 0.4) is 0 Å². The summed E-state index contributed by atoms with van der Waals surface area (Å²) in [6, 6.07) is 14.2. The molecule has 36 heavy (non-hydrogen) atoms. The van der Waals surface area contributed by atoms with E-state index in [1.807, 2.05) is 24.0 Å². The number of likely N-dealkylation sites (tertiary alicyclic amines) is 1. The van der Waals surface area contributed by atoms with Gasteiger partial charge in [0.1, 0.15) is 5.82 Å². The number of aliphatic hydroxyl groups is 1. The molecule has 0 aliphatic carbocycles. The lowest BCUT2D eigenvalue weighted by atomic mass is 9.69. The number of pyridine rings is 1. The molecule has 0 unspecified atom stereocenters. The molecule has 2 heterocycles. The Morgan fingerprint density at radius 3 is 2.36 bits per heavy atom. The van der Waals surface area contributed by atoms with Gasteiger partial charge >= 0.3 is 6.18 Å². The first-order valence-corrected chi connectivity index (χ1v) is 11.9. The van der Waals surface area contributed by atoms with Crippen LogP contribution >= 0.6 is 0 Å². The van der Waals surface area contributed by atoms with Crippen LogP contribution in [-0.2, 0) is 16.4 Å². The minimum Gasteiger partial charge on any atom is -0.396 e. The zero-order valence-corrected chi connectivity index (χ0v) is 19.9. The average molecular weight is 501 g/mol. The Kier molecular flexibility index (Phi) is 7.45. The van der Waals surface area contributed by atoms with Crippen LogP contribution in [0.15, 0.2) is 67.0 Å². The summed E-state index contributed by atoms with van der Waals surface area (Å²) in [7, 11) is 0. The van der Waals surface area contributed by atoms with E-state index in [-0.39, 0.29) is 30.8 Å². The van der Waals surface area contributed by atoms with E-state index < -0.39 is 17.2 Å². The third-order valence-electron chi connectivity index (χ3n) is 7.17. The third-order valence-corrected chi connectivity index (χ3v) is 7.17. The Morgan fingerprint density at radius 1 is 1.06 bits per heavy atom. The predicted octanol–water partition coefficient (Wildman–Crippen LogP) is 6.30. The molecular weight excluding hydrogens is 472 g/mol. The summed E-state index contributed by atoms with van der Waals surface area (Å²) in [5, 5.41) is 9.40. The van der Waals surface area contributed by atoms with Crippen LogP contribution in [0.5, 0.6) is 0 Å². The van der Waals surface area contributed by atoms with Crippen molar-refractivity contribution in [1.29, 1.82) is 0 Å². The Balaban J connectivity index is 1.51. The van der Waals surface area contributed by atoms with Gasteiger partial charge in [-0.15, -0.1) is 0 Å². The lowest BCUT2D eigenvalue weighted by molar-refractivity contribution is -0.139. The van der Waals surface area contributed by atoms with Gasteiger partial charge in [-0.3, -0.25) is 9.78 Å². The summed E-state index contributed by atoms with van der Waals surface area (Å²) >= 11 is 0. The number of amides is 1. The van der Waals surface area contributed by atoms with Crippen LogP contribution in [0.2, 0.25) is 0 Å². The monoisotopic (exact) mass is 500 g/mol. The van der Waals surface area contributed by atoms with Crippen molar-refractivity contribution in [1.82, 2.24) is 9.88 Å². The van der Waals surface area contributed by atoms with Crippen LogP contribution < -0.4 is 0 Å². The molecule has 190 valence electrons. The summed E-state index contributed by atoms with van der Waals surface area (Å²) in [5.74, 6) is -0.361. The van der Waals surface area contributed by atoms with Crippen molar-refractivity contribution in [2.45, 2.75) is 50.2 Å². The Morgan fingerprint density at radius 2 is 1.75 bits per heavy atom. The number of aliphatic hydroxyl groups excluding tert-OH is 1. The van der Waals surface area contributed by atoms with Gasteiger partial charge in [-0.25, -0.2) is 4.39 Å². The highest BCUT2D eigenvalue weighted by Crippen LogP contribution is 2.42. The standard InChI is InChI=1S/C28H28F4N2O2/c1-19(20-3-5-21(6-4-20)22-15-24(18-33-17-22)28(30,31)32)34-13-12-27(11-2-14-35,16-26(34)36)23-7-9-25(29)10-8-23/h3-10,15,17-19,35H,2,11-14,16H2,1H3/t19-,27-/m0/s1. The number of alkyl halides is 3. The molecule has 4 nitrogen and oxygen atoms in total. The van der Waals surface area contributed by atoms with E-state index in [2.05, 4.69) is 4.98 Å². The van der Waals surface area contributed by atoms with Crippen LogP contribution in [-0.4, -0.2) is 34.0 Å². The van der Waals surface area contributed by atoms with Gasteiger partial charge in [0.2, 0.25) is 5.91 Å². The van der Waals surface area contributed by atoms with Crippen LogP contribution in [0.1, 0.15) is 55.3 Å². The van der Waals surface area contributed by atoms with Gasteiger partial charge in [-0.2, -0.15) is 13.2 Å². The number of piperidine rings is 1. The second kappa shape index (κ2) is 10.4. The molecule has 0 radical (unpaired) electrons. The Labute approximate surface area is 207 Å². The van der Waals surface area contributed by atoms with Gasteiger partial charge < -0.3 is 10.0 Å². The lowest BCUT2D eigenvalue weighted by Crippen LogP contribution is -2.47. The van der Waals surface area contributed by atoms with Crippen molar-refractivity contribution in [3.8, 4) is 11.1 Å². The first-order chi connectivity index (χ1) is 17.1.